The number of thioether (sulfide) groups is 1. The largest absolute Gasteiger partial charge is 0.400 e. The van der Waals surface area contributed by atoms with Crippen molar-refractivity contribution in [2.45, 2.75) is 29.2 Å². The maximum atomic E-state index is 12.4. The van der Waals surface area contributed by atoms with Crippen LogP contribution >= 0.6 is 11.8 Å². The predicted octanol–water partition coefficient (Wildman–Crippen LogP) is 3.66. The van der Waals surface area contributed by atoms with Crippen LogP contribution in [0.15, 0.2) is 29.2 Å². The number of hydrogen-bond acceptors (Lipinski definition) is 1. The summed E-state index contributed by atoms with van der Waals surface area (Å²) in [6, 6.07) is 7.31. The summed E-state index contributed by atoms with van der Waals surface area (Å²) in [4.78, 5) is 0.779. The molecule has 1 aliphatic rings. The van der Waals surface area contributed by atoms with Crippen molar-refractivity contribution in [3.05, 3.63) is 29.8 Å². The third kappa shape index (κ3) is 1.90. The molecular weight excluding hydrogens is 209 g/mol. The van der Waals surface area contributed by atoms with E-state index in [0.29, 0.717) is 6.42 Å². The van der Waals surface area contributed by atoms with Gasteiger partial charge in [-0.05, 0) is 24.5 Å². The molecule has 1 heterocycles. The first-order valence-corrected chi connectivity index (χ1v) is 5.26. The van der Waals surface area contributed by atoms with E-state index in [2.05, 4.69) is 0 Å². The van der Waals surface area contributed by atoms with Crippen molar-refractivity contribution in [3.8, 4) is 0 Å². The van der Waals surface area contributed by atoms with Gasteiger partial charge in [-0.3, -0.25) is 0 Å². The molecule has 0 fully saturated rings. The molecule has 1 aromatic rings. The highest BCUT2D eigenvalue weighted by Crippen LogP contribution is 2.42. The van der Waals surface area contributed by atoms with Crippen molar-refractivity contribution in [1.82, 2.24) is 0 Å². The van der Waals surface area contributed by atoms with Crippen LogP contribution < -0.4 is 0 Å². The molecule has 76 valence electrons. The monoisotopic (exact) mass is 218 g/mol. The van der Waals surface area contributed by atoms with Crippen LogP contribution in [0.4, 0.5) is 13.2 Å². The second-order valence-electron chi connectivity index (χ2n) is 3.29. The SMILES string of the molecule is FC(F)(F)C1CCc2ccccc2S1. The van der Waals surface area contributed by atoms with Gasteiger partial charge in [-0.15, -0.1) is 11.8 Å². The molecule has 0 N–H and O–H groups in total. The Hall–Kier alpha value is -0.640. The number of fused-ring (bicyclic) bond motifs is 1. The van der Waals surface area contributed by atoms with Gasteiger partial charge in [0.1, 0.15) is 5.25 Å². The average molecular weight is 218 g/mol. The van der Waals surface area contributed by atoms with Gasteiger partial charge in [0, 0.05) is 4.90 Å². The van der Waals surface area contributed by atoms with E-state index in [-0.39, 0.29) is 6.42 Å². The molecule has 0 aromatic heterocycles. The molecule has 1 atom stereocenters. The lowest BCUT2D eigenvalue weighted by Gasteiger charge is -2.25. The van der Waals surface area contributed by atoms with Crippen molar-refractivity contribution in [2.75, 3.05) is 0 Å². The first kappa shape index (κ1) is 9.90. The Labute approximate surface area is 84.5 Å². The summed E-state index contributed by atoms with van der Waals surface area (Å²) in [6.07, 6.45) is -3.34. The van der Waals surface area contributed by atoms with E-state index in [0.717, 1.165) is 22.2 Å². The zero-order chi connectivity index (χ0) is 10.2. The van der Waals surface area contributed by atoms with Crippen LogP contribution in [0.25, 0.3) is 0 Å². The van der Waals surface area contributed by atoms with E-state index >= 15 is 0 Å². The Bertz CT molecular complexity index is 332. The Kier molecular flexibility index (Phi) is 2.47. The van der Waals surface area contributed by atoms with Gasteiger partial charge in [0.15, 0.2) is 0 Å². The maximum Gasteiger partial charge on any atom is 0.400 e. The van der Waals surface area contributed by atoms with E-state index < -0.39 is 11.4 Å². The first-order chi connectivity index (χ1) is 6.57. The lowest BCUT2D eigenvalue weighted by atomic mass is 10.1. The topological polar surface area (TPSA) is 0 Å². The zero-order valence-electron chi connectivity index (χ0n) is 7.34. The van der Waals surface area contributed by atoms with Crippen LogP contribution in [0.3, 0.4) is 0 Å². The number of rotatable bonds is 0. The van der Waals surface area contributed by atoms with Gasteiger partial charge < -0.3 is 0 Å². The van der Waals surface area contributed by atoms with E-state index in [9.17, 15) is 13.2 Å². The molecule has 0 nitrogen and oxygen atoms in total. The molecule has 4 heteroatoms. The molecule has 1 unspecified atom stereocenters. The van der Waals surface area contributed by atoms with Gasteiger partial charge in [-0.1, -0.05) is 18.2 Å². The fraction of sp³-hybridized carbons (Fsp3) is 0.400. The molecule has 2 rings (SSSR count). The second kappa shape index (κ2) is 3.50. The lowest BCUT2D eigenvalue weighted by molar-refractivity contribution is -0.129. The molecule has 0 amide bonds. The maximum absolute atomic E-state index is 12.4. The van der Waals surface area contributed by atoms with E-state index in [1.165, 1.54) is 0 Å². The highest BCUT2D eigenvalue weighted by Gasteiger charge is 2.41. The fourth-order valence-electron chi connectivity index (χ4n) is 1.55. The Morgan fingerprint density at radius 1 is 1.21 bits per heavy atom. The Morgan fingerprint density at radius 3 is 2.64 bits per heavy atom. The van der Waals surface area contributed by atoms with Crippen molar-refractivity contribution < 1.29 is 13.2 Å². The molecule has 0 bridgehead atoms. The molecule has 0 saturated carbocycles. The van der Waals surface area contributed by atoms with E-state index in [1.807, 2.05) is 12.1 Å². The highest BCUT2D eigenvalue weighted by atomic mass is 32.2. The molecule has 14 heavy (non-hydrogen) atoms. The van der Waals surface area contributed by atoms with Gasteiger partial charge in [0.25, 0.3) is 0 Å². The molecular formula is C10H9F3S. The smallest absolute Gasteiger partial charge is 0.170 e. The van der Waals surface area contributed by atoms with Crippen molar-refractivity contribution in [3.63, 3.8) is 0 Å². The normalized spacial score (nSPS) is 21.8. The van der Waals surface area contributed by atoms with Crippen LogP contribution in [0.5, 0.6) is 0 Å². The molecule has 1 aliphatic heterocycles. The van der Waals surface area contributed by atoms with Crippen LogP contribution in [0, 0.1) is 0 Å². The van der Waals surface area contributed by atoms with E-state index in [4.69, 9.17) is 0 Å². The second-order valence-corrected chi connectivity index (χ2v) is 4.54. The Morgan fingerprint density at radius 2 is 1.93 bits per heavy atom. The number of aryl methyl sites for hydroxylation is 1. The minimum atomic E-state index is -4.07. The van der Waals surface area contributed by atoms with Crippen LogP contribution in [-0.4, -0.2) is 11.4 Å². The summed E-state index contributed by atoms with van der Waals surface area (Å²) < 4.78 is 37.2. The molecule has 0 radical (unpaired) electrons. The molecule has 1 aromatic carbocycles. The summed E-state index contributed by atoms with van der Waals surface area (Å²) in [5.74, 6) is 0. The lowest BCUT2D eigenvalue weighted by Crippen LogP contribution is -2.28. The molecule has 0 aliphatic carbocycles. The third-order valence-corrected chi connectivity index (χ3v) is 3.72. The highest BCUT2D eigenvalue weighted by molar-refractivity contribution is 8.00. The van der Waals surface area contributed by atoms with E-state index in [1.54, 1.807) is 12.1 Å². The van der Waals surface area contributed by atoms with Gasteiger partial charge in [0.05, 0.1) is 0 Å². The standard InChI is InChI=1S/C10H9F3S/c11-10(12,13)9-6-5-7-3-1-2-4-8(7)14-9/h1-4,9H,5-6H2. The fourth-order valence-corrected chi connectivity index (χ4v) is 2.71. The number of hydrogen-bond donors (Lipinski definition) is 0. The summed E-state index contributed by atoms with van der Waals surface area (Å²) >= 11 is 0.939. The summed E-state index contributed by atoms with van der Waals surface area (Å²) in [5.41, 5.74) is 1.04. The van der Waals surface area contributed by atoms with Crippen molar-refractivity contribution in [2.24, 2.45) is 0 Å². The minimum Gasteiger partial charge on any atom is -0.170 e. The molecule has 0 saturated heterocycles. The first-order valence-electron chi connectivity index (χ1n) is 4.38. The average Bonchev–Trinajstić information content (AvgIpc) is 2.16. The zero-order valence-corrected chi connectivity index (χ0v) is 8.16. The van der Waals surface area contributed by atoms with Crippen molar-refractivity contribution in [1.29, 1.82) is 0 Å². The third-order valence-electron chi connectivity index (χ3n) is 2.28. The van der Waals surface area contributed by atoms with Crippen LogP contribution in [0.2, 0.25) is 0 Å². The van der Waals surface area contributed by atoms with Gasteiger partial charge >= 0.3 is 6.18 Å². The number of alkyl halides is 3. The van der Waals surface area contributed by atoms with Crippen molar-refractivity contribution >= 4 is 11.8 Å². The summed E-state index contributed by atoms with van der Waals surface area (Å²) in [7, 11) is 0. The van der Waals surface area contributed by atoms with Gasteiger partial charge in [-0.2, -0.15) is 13.2 Å². The summed E-state index contributed by atoms with van der Waals surface area (Å²) in [5, 5.41) is -1.22. The Balaban J connectivity index is 2.22. The van der Waals surface area contributed by atoms with Crippen LogP contribution in [0.1, 0.15) is 12.0 Å². The number of halogens is 3. The minimum absolute atomic E-state index is 0.200. The summed E-state index contributed by atoms with van der Waals surface area (Å²) in [6.45, 7) is 0. The van der Waals surface area contributed by atoms with Crippen LogP contribution in [-0.2, 0) is 6.42 Å². The predicted molar refractivity (Wildman–Crippen MR) is 50.5 cm³/mol. The van der Waals surface area contributed by atoms with Gasteiger partial charge in [-0.25, -0.2) is 0 Å². The molecule has 0 spiro atoms. The van der Waals surface area contributed by atoms with Gasteiger partial charge in [0.2, 0.25) is 0 Å². The number of benzene rings is 1. The quantitative estimate of drug-likeness (QED) is 0.640.